The predicted molar refractivity (Wildman–Crippen MR) is 129 cm³/mol. The molecule has 0 spiro atoms. The van der Waals surface area contributed by atoms with Crippen LogP contribution < -0.4 is 9.47 Å². The Hall–Kier alpha value is -4.44. The molecular formula is C28H22O4. The van der Waals surface area contributed by atoms with E-state index in [-0.39, 0.29) is 0 Å². The average molecular weight is 422 g/mol. The van der Waals surface area contributed by atoms with Crippen LogP contribution in [-0.4, -0.2) is 11.9 Å². The van der Waals surface area contributed by atoms with Gasteiger partial charge in [0.05, 0.1) is 0 Å². The molecule has 3 rings (SSSR count). The molecule has 0 aromatic heterocycles. The second-order valence-corrected chi connectivity index (χ2v) is 6.69. The zero-order chi connectivity index (χ0) is 22.8. The smallest absolute Gasteiger partial charge is 0.335 e. The molecule has 3 aromatic rings. The molecule has 0 atom stereocenters. The standard InChI is InChI=1S/C28H22O4/c1-3-27(29)31-25-10-7-8-23(20-25)17-16-21-12-14-22(15-13-21)18-19-24-9-5-6-11-26(24)32-28(30)4-2/h3-20H,1-2H2/b17-16+,19-18+. The Bertz CT molecular complexity index is 1180. The van der Waals surface area contributed by atoms with Crippen LogP contribution in [0, 0.1) is 0 Å². The Morgan fingerprint density at radius 1 is 0.625 bits per heavy atom. The molecule has 4 heteroatoms. The van der Waals surface area contributed by atoms with Crippen LogP contribution in [0.4, 0.5) is 0 Å². The fourth-order valence-corrected chi connectivity index (χ4v) is 2.80. The molecule has 0 saturated carbocycles. The quantitative estimate of drug-likeness (QED) is 0.187. The fraction of sp³-hybridized carbons (Fsp3) is 0. The van der Waals surface area contributed by atoms with Crippen molar-refractivity contribution >= 4 is 36.2 Å². The van der Waals surface area contributed by atoms with Gasteiger partial charge in [0.1, 0.15) is 11.5 Å². The Balaban J connectivity index is 1.68. The number of hydrogen-bond acceptors (Lipinski definition) is 4. The summed E-state index contributed by atoms with van der Waals surface area (Å²) in [6.07, 6.45) is 10.0. The molecule has 0 aliphatic carbocycles. The molecule has 0 fully saturated rings. The molecule has 32 heavy (non-hydrogen) atoms. The summed E-state index contributed by atoms with van der Waals surface area (Å²) in [6.45, 7) is 6.82. The lowest BCUT2D eigenvalue weighted by Crippen LogP contribution is -2.03. The molecule has 0 heterocycles. The summed E-state index contributed by atoms with van der Waals surface area (Å²) >= 11 is 0. The second kappa shape index (κ2) is 11.1. The number of carbonyl (C=O) groups is 2. The van der Waals surface area contributed by atoms with E-state index in [4.69, 9.17) is 9.47 Å². The van der Waals surface area contributed by atoms with Crippen molar-refractivity contribution < 1.29 is 19.1 Å². The molecule has 0 amide bonds. The highest BCUT2D eigenvalue weighted by atomic mass is 16.5. The summed E-state index contributed by atoms with van der Waals surface area (Å²) in [4.78, 5) is 22.8. The van der Waals surface area contributed by atoms with Gasteiger partial charge in [0.25, 0.3) is 0 Å². The third-order valence-corrected chi connectivity index (χ3v) is 4.40. The number of ether oxygens (including phenoxy) is 2. The molecule has 0 bridgehead atoms. The third-order valence-electron chi connectivity index (χ3n) is 4.40. The summed E-state index contributed by atoms with van der Waals surface area (Å²) in [6, 6.07) is 22.6. The van der Waals surface area contributed by atoms with Gasteiger partial charge in [-0.15, -0.1) is 0 Å². The molecule has 0 aliphatic rings. The number of benzene rings is 3. The van der Waals surface area contributed by atoms with Gasteiger partial charge in [-0.25, -0.2) is 9.59 Å². The van der Waals surface area contributed by atoms with Gasteiger partial charge in [-0.2, -0.15) is 0 Å². The normalized spacial score (nSPS) is 10.8. The molecule has 0 radical (unpaired) electrons. The molecular weight excluding hydrogens is 400 g/mol. The van der Waals surface area contributed by atoms with Crippen molar-refractivity contribution in [1.82, 2.24) is 0 Å². The highest BCUT2D eigenvalue weighted by Crippen LogP contribution is 2.21. The summed E-state index contributed by atoms with van der Waals surface area (Å²) in [5.74, 6) is -0.0338. The molecule has 0 saturated heterocycles. The minimum absolute atomic E-state index is 0.469. The van der Waals surface area contributed by atoms with Crippen molar-refractivity contribution in [3.05, 3.63) is 120 Å². The highest BCUT2D eigenvalue weighted by molar-refractivity contribution is 5.85. The van der Waals surface area contributed by atoms with Gasteiger partial charge in [-0.05, 0) is 34.9 Å². The molecule has 0 unspecified atom stereocenters. The number of hydrogen-bond donors (Lipinski definition) is 0. The maximum absolute atomic E-state index is 11.5. The van der Waals surface area contributed by atoms with E-state index in [1.807, 2.05) is 78.9 Å². The van der Waals surface area contributed by atoms with Crippen molar-refractivity contribution in [2.45, 2.75) is 0 Å². The third kappa shape index (κ3) is 6.54. The van der Waals surface area contributed by atoms with Crippen molar-refractivity contribution in [3.8, 4) is 11.5 Å². The Labute approximate surface area is 187 Å². The lowest BCUT2D eigenvalue weighted by molar-refractivity contribution is -0.129. The van der Waals surface area contributed by atoms with E-state index in [0.717, 1.165) is 34.4 Å². The lowest BCUT2D eigenvalue weighted by atomic mass is 10.1. The monoisotopic (exact) mass is 422 g/mol. The second-order valence-electron chi connectivity index (χ2n) is 6.69. The zero-order valence-electron chi connectivity index (χ0n) is 17.4. The van der Waals surface area contributed by atoms with Crippen LogP contribution in [0.25, 0.3) is 24.3 Å². The van der Waals surface area contributed by atoms with E-state index in [1.54, 1.807) is 18.2 Å². The van der Waals surface area contributed by atoms with Gasteiger partial charge in [0.2, 0.25) is 0 Å². The fourth-order valence-electron chi connectivity index (χ4n) is 2.80. The van der Waals surface area contributed by atoms with Crippen LogP contribution in [0.1, 0.15) is 22.3 Å². The molecule has 0 N–H and O–H groups in total. The maximum Gasteiger partial charge on any atom is 0.335 e. The number of carbonyl (C=O) groups excluding carboxylic acids is 2. The van der Waals surface area contributed by atoms with Crippen molar-refractivity contribution in [3.63, 3.8) is 0 Å². The van der Waals surface area contributed by atoms with Crippen LogP contribution in [0.5, 0.6) is 11.5 Å². The van der Waals surface area contributed by atoms with E-state index >= 15 is 0 Å². The molecule has 3 aromatic carbocycles. The van der Waals surface area contributed by atoms with E-state index in [1.165, 1.54) is 0 Å². The van der Waals surface area contributed by atoms with Gasteiger partial charge in [0.15, 0.2) is 0 Å². The average Bonchev–Trinajstić information content (AvgIpc) is 2.83. The van der Waals surface area contributed by atoms with Crippen molar-refractivity contribution in [1.29, 1.82) is 0 Å². The van der Waals surface area contributed by atoms with Crippen LogP contribution in [0.2, 0.25) is 0 Å². The Morgan fingerprint density at radius 2 is 1.22 bits per heavy atom. The van der Waals surface area contributed by atoms with Gasteiger partial charge in [-0.3, -0.25) is 0 Å². The van der Waals surface area contributed by atoms with Crippen LogP contribution in [0.15, 0.2) is 98.1 Å². The van der Waals surface area contributed by atoms with E-state index < -0.39 is 11.9 Å². The zero-order valence-corrected chi connectivity index (χ0v) is 17.4. The molecule has 158 valence electrons. The first-order chi connectivity index (χ1) is 15.6. The van der Waals surface area contributed by atoms with Gasteiger partial charge in [0, 0.05) is 17.7 Å². The van der Waals surface area contributed by atoms with E-state index in [0.29, 0.717) is 11.5 Å². The minimum Gasteiger partial charge on any atom is -0.423 e. The highest BCUT2D eigenvalue weighted by Gasteiger charge is 2.04. The lowest BCUT2D eigenvalue weighted by Gasteiger charge is -2.05. The van der Waals surface area contributed by atoms with Crippen molar-refractivity contribution in [2.75, 3.05) is 0 Å². The van der Waals surface area contributed by atoms with Crippen LogP contribution in [0.3, 0.4) is 0 Å². The number of esters is 2. The van der Waals surface area contributed by atoms with Gasteiger partial charge >= 0.3 is 11.9 Å². The van der Waals surface area contributed by atoms with Crippen molar-refractivity contribution in [2.24, 2.45) is 0 Å². The van der Waals surface area contributed by atoms with Crippen LogP contribution in [-0.2, 0) is 9.59 Å². The SMILES string of the molecule is C=CC(=O)Oc1cccc(/C=C/c2ccc(/C=C/c3ccccc3OC(=O)C=C)cc2)c1. The topological polar surface area (TPSA) is 52.6 Å². The first-order valence-corrected chi connectivity index (χ1v) is 9.91. The van der Waals surface area contributed by atoms with Gasteiger partial charge < -0.3 is 9.47 Å². The summed E-state index contributed by atoms with van der Waals surface area (Å²) < 4.78 is 10.4. The number of para-hydroxylation sites is 1. The van der Waals surface area contributed by atoms with E-state index in [2.05, 4.69) is 13.2 Å². The Morgan fingerprint density at radius 3 is 1.91 bits per heavy atom. The maximum atomic E-state index is 11.5. The van der Waals surface area contributed by atoms with Gasteiger partial charge in [-0.1, -0.05) is 92.1 Å². The Kier molecular flexibility index (Phi) is 7.71. The number of rotatable bonds is 8. The molecule has 0 aliphatic heterocycles. The largest absolute Gasteiger partial charge is 0.423 e. The first kappa shape index (κ1) is 22.2. The van der Waals surface area contributed by atoms with Crippen LogP contribution >= 0.6 is 0 Å². The minimum atomic E-state index is -0.494. The first-order valence-electron chi connectivity index (χ1n) is 9.91. The van der Waals surface area contributed by atoms with E-state index in [9.17, 15) is 9.59 Å². The summed E-state index contributed by atoms with van der Waals surface area (Å²) in [5, 5.41) is 0. The molecule has 4 nitrogen and oxygen atoms in total. The summed E-state index contributed by atoms with van der Waals surface area (Å²) in [7, 11) is 0. The predicted octanol–water partition coefficient (Wildman–Crippen LogP) is 6.21. The summed E-state index contributed by atoms with van der Waals surface area (Å²) in [5.41, 5.74) is 3.74.